The molecule has 0 unspecified atom stereocenters. The van der Waals surface area contributed by atoms with Gasteiger partial charge in [-0.25, -0.2) is 8.42 Å². The quantitative estimate of drug-likeness (QED) is 0.802. The first-order valence-electron chi connectivity index (χ1n) is 8.86. The number of amides is 1. The van der Waals surface area contributed by atoms with Crippen LogP contribution in [0.1, 0.15) is 39.5 Å². The van der Waals surface area contributed by atoms with Gasteiger partial charge in [-0.2, -0.15) is 4.31 Å². The van der Waals surface area contributed by atoms with Crippen molar-refractivity contribution in [2.24, 2.45) is 5.92 Å². The van der Waals surface area contributed by atoms with Crippen molar-refractivity contribution < 1.29 is 17.9 Å². The minimum absolute atomic E-state index is 0.0511. The number of sulfonamides is 1. The summed E-state index contributed by atoms with van der Waals surface area (Å²) in [6.07, 6.45) is 2.93. The molecule has 1 aromatic rings. The summed E-state index contributed by atoms with van der Waals surface area (Å²) in [5.74, 6) is 0.564. The molecule has 1 aliphatic heterocycles. The number of hydrogen-bond donors (Lipinski definition) is 1. The molecule has 0 aromatic heterocycles. The van der Waals surface area contributed by atoms with Gasteiger partial charge in [0.15, 0.2) is 0 Å². The Hall–Kier alpha value is -1.60. The minimum Gasteiger partial charge on any atom is -0.497 e. The third-order valence-electron chi connectivity index (χ3n) is 4.85. The molecular formula is C18H28N2O4S. The second-order valence-corrected chi connectivity index (χ2v) is 8.31. The topological polar surface area (TPSA) is 75.7 Å². The number of ether oxygens (including phenoxy) is 1. The minimum atomic E-state index is -3.52. The molecule has 7 heteroatoms. The molecule has 0 spiro atoms. The van der Waals surface area contributed by atoms with E-state index in [1.807, 2.05) is 0 Å². The average Bonchev–Trinajstić information content (AvgIpc) is 2.66. The smallest absolute Gasteiger partial charge is 0.243 e. The highest BCUT2D eigenvalue weighted by molar-refractivity contribution is 7.89. The SMILES string of the molecule is CCC(CC)NC(=O)C1CCN(S(=O)(=O)c2ccc(OC)cc2)CC1. The molecule has 0 aliphatic carbocycles. The van der Waals surface area contributed by atoms with Gasteiger partial charge in [-0.05, 0) is 49.9 Å². The summed E-state index contributed by atoms with van der Waals surface area (Å²) in [6, 6.07) is 6.60. The molecule has 1 heterocycles. The Balaban J connectivity index is 1.97. The summed E-state index contributed by atoms with van der Waals surface area (Å²) in [5.41, 5.74) is 0. The van der Waals surface area contributed by atoms with E-state index in [4.69, 9.17) is 4.74 Å². The van der Waals surface area contributed by atoms with Gasteiger partial charge in [0.1, 0.15) is 5.75 Å². The summed E-state index contributed by atoms with van der Waals surface area (Å²) < 4.78 is 32.0. The van der Waals surface area contributed by atoms with Crippen LogP contribution in [0, 0.1) is 5.92 Å². The fourth-order valence-electron chi connectivity index (χ4n) is 3.07. The zero-order valence-electron chi connectivity index (χ0n) is 15.2. The van der Waals surface area contributed by atoms with E-state index in [1.165, 1.54) is 4.31 Å². The number of carbonyl (C=O) groups is 1. The highest BCUT2D eigenvalue weighted by atomic mass is 32.2. The Morgan fingerprint density at radius 1 is 1.20 bits per heavy atom. The van der Waals surface area contributed by atoms with E-state index in [0.717, 1.165) is 12.8 Å². The van der Waals surface area contributed by atoms with Gasteiger partial charge in [-0.15, -0.1) is 0 Å². The van der Waals surface area contributed by atoms with Crippen LogP contribution in [-0.4, -0.2) is 44.9 Å². The Morgan fingerprint density at radius 2 is 1.76 bits per heavy atom. The van der Waals surface area contributed by atoms with Crippen LogP contribution in [0.2, 0.25) is 0 Å². The first kappa shape index (κ1) is 19.7. The molecule has 1 aromatic carbocycles. The maximum absolute atomic E-state index is 12.7. The van der Waals surface area contributed by atoms with Gasteiger partial charge in [-0.3, -0.25) is 4.79 Å². The lowest BCUT2D eigenvalue weighted by Gasteiger charge is -2.31. The van der Waals surface area contributed by atoms with E-state index in [-0.39, 0.29) is 22.8 Å². The monoisotopic (exact) mass is 368 g/mol. The van der Waals surface area contributed by atoms with Gasteiger partial charge >= 0.3 is 0 Å². The van der Waals surface area contributed by atoms with E-state index in [2.05, 4.69) is 19.2 Å². The van der Waals surface area contributed by atoms with Crippen LogP contribution in [0.25, 0.3) is 0 Å². The average molecular weight is 368 g/mol. The molecule has 2 rings (SSSR count). The van der Waals surface area contributed by atoms with Crippen LogP contribution in [0.4, 0.5) is 0 Å². The maximum Gasteiger partial charge on any atom is 0.243 e. The number of carbonyl (C=O) groups excluding carboxylic acids is 1. The molecule has 25 heavy (non-hydrogen) atoms. The van der Waals surface area contributed by atoms with E-state index in [0.29, 0.717) is 31.7 Å². The van der Waals surface area contributed by atoms with Crippen LogP contribution in [0.15, 0.2) is 29.2 Å². The summed E-state index contributed by atoms with van der Waals surface area (Å²) in [7, 11) is -1.98. The van der Waals surface area contributed by atoms with Crippen molar-refractivity contribution in [1.82, 2.24) is 9.62 Å². The highest BCUT2D eigenvalue weighted by Crippen LogP contribution is 2.25. The molecule has 6 nitrogen and oxygen atoms in total. The number of hydrogen-bond acceptors (Lipinski definition) is 4. The Labute approximate surface area is 150 Å². The molecule has 1 N–H and O–H groups in total. The zero-order chi connectivity index (χ0) is 18.4. The standard InChI is InChI=1S/C18H28N2O4S/c1-4-15(5-2)19-18(21)14-10-12-20(13-11-14)25(22,23)17-8-6-16(24-3)7-9-17/h6-9,14-15H,4-5,10-13H2,1-3H3,(H,19,21). The lowest BCUT2D eigenvalue weighted by molar-refractivity contribution is -0.126. The third kappa shape index (κ3) is 4.73. The predicted octanol–water partition coefficient (Wildman–Crippen LogP) is 2.40. The number of rotatable bonds is 7. The lowest BCUT2D eigenvalue weighted by atomic mass is 9.96. The van der Waals surface area contributed by atoms with Crippen molar-refractivity contribution in [2.45, 2.75) is 50.5 Å². The van der Waals surface area contributed by atoms with Crippen molar-refractivity contribution in [3.05, 3.63) is 24.3 Å². The van der Waals surface area contributed by atoms with Gasteiger partial charge in [0.2, 0.25) is 15.9 Å². The molecule has 0 bridgehead atoms. The van der Waals surface area contributed by atoms with E-state index in [9.17, 15) is 13.2 Å². The van der Waals surface area contributed by atoms with E-state index in [1.54, 1.807) is 31.4 Å². The van der Waals surface area contributed by atoms with Gasteiger partial charge < -0.3 is 10.1 Å². The molecular weight excluding hydrogens is 340 g/mol. The molecule has 0 saturated carbocycles. The van der Waals surface area contributed by atoms with Gasteiger partial charge in [0.25, 0.3) is 0 Å². The molecule has 1 saturated heterocycles. The maximum atomic E-state index is 12.7. The first-order chi connectivity index (χ1) is 11.9. The van der Waals surface area contributed by atoms with E-state index >= 15 is 0 Å². The normalized spacial score (nSPS) is 16.8. The van der Waals surface area contributed by atoms with Crippen molar-refractivity contribution in [3.8, 4) is 5.75 Å². The lowest BCUT2D eigenvalue weighted by Crippen LogP contribution is -2.45. The summed E-state index contributed by atoms with van der Waals surface area (Å²) in [5, 5.41) is 3.06. The number of piperidine rings is 1. The number of benzene rings is 1. The molecule has 1 amide bonds. The summed E-state index contributed by atoms with van der Waals surface area (Å²) in [4.78, 5) is 12.6. The highest BCUT2D eigenvalue weighted by Gasteiger charge is 2.32. The molecule has 0 atom stereocenters. The number of methoxy groups -OCH3 is 1. The molecule has 1 fully saturated rings. The largest absolute Gasteiger partial charge is 0.497 e. The van der Waals surface area contributed by atoms with Crippen LogP contribution in [0.5, 0.6) is 5.75 Å². The van der Waals surface area contributed by atoms with E-state index < -0.39 is 10.0 Å². The van der Waals surface area contributed by atoms with Crippen LogP contribution in [0.3, 0.4) is 0 Å². The molecule has 1 aliphatic rings. The number of nitrogens with one attached hydrogen (secondary N) is 1. The Morgan fingerprint density at radius 3 is 2.24 bits per heavy atom. The second kappa shape index (κ2) is 8.67. The Kier molecular flexibility index (Phi) is 6.84. The second-order valence-electron chi connectivity index (χ2n) is 6.38. The zero-order valence-corrected chi connectivity index (χ0v) is 16.0. The predicted molar refractivity (Wildman–Crippen MR) is 97.0 cm³/mol. The van der Waals surface area contributed by atoms with Gasteiger partial charge in [0.05, 0.1) is 12.0 Å². The number of nitrogens with zero attached hydrogens (tertiary/aromatic N) is 1. The first-order valence-corrected chi connectivity index (χ1v) is 10.3. The third-order valence-corrected chi connectivity index (χ3v) is 6.77. The van der Waals surface area contributed by atoms with Crippen molar-refractivity contribution >= 4 is 15.9 Å². The summed E-state index contributed by atoms with van der Waals surface area (Å²) in [6.45, 7) is 4.85. The summed E-state index contributed by atoms with van der Waals surface area (Å²) >= 11 is 0. The molecule has 0 radical (unpaired) electrons. The van der Waals surface area contributed by atoms with Gasteiger partial charge in [0, 0.05) is 25.0 Å². The van der Waals surface area contributed by atoms with Crippen molar-refractivity contribution in [2.75, 3.05) is 20.2 Å². The van der Waals surface area contributed by atoms with Crippen molar-refractivity contribution in [1.29, 1.82) is 0 Å². The van der Waals surface area contributed by atoms with Crippen LogP contribution in [-0.2, 0) is 14.8 Å². The van der Waals surface area contributed by atoms with Crippen LogP contribution < -0.4 is 10.1 Å². The fourth-order valence-corrected chi connectivity index (χ4v) is 4.54. The van der Waals surface area contributed by atoms with Crippen LogP contribution >= 0.6 is 0 Å². The van der Waals surface area contributed by atoms with Crippen molar-refractivity contribution in [3.63, 3.8) is 0 Å². The molecule has 140 valence electrons. The fraction of sp³-hybridized carbons (Fsp3) is 0.611. The Bertz CT molecular complexity index is 661. The van der Waals surface area contributed by atoms with Gasteiger partial charge in [-0.1, -0.05) is 13.8 Å².